The Hall–Kier alpha value is -3.26. The molecule has 0 aliphatic rings. The topological polar surface area (TPSA) is 96.3 Å². The van der Waals surface area contributed by atoms with Gasteiger partial charge in [-0.1, -0.05) is 30.3 Å². The highest BCUT2D eigenvalue weighted by molar-refractivity contribution is 5.97. The van der Waals surface area contributed by atoms with Crippen LogP contribution in [0.25, 0.3) is 5.57 Å². The van der Waals surface area contributed by atoms with E-state index < -0.39 is 5.91 Å². The number of nitrogens with zero attached hydrogens (tertiary/aromatic N) is 1. The van der Waals surface area contributed by atoms with E-state index >= 15 is 0 Å². The lowest BCUT2D eigenvalue weighted by Gasteiger charge is -2.13. The third-order valence-corrected chi connectivity index (χ3v) is 3.41. The summed E-state index contributed by atoms with van der Waals surface area (Å²) in [6, 6.07) is 14.8. The molecule has 0 unspecified atom stereocenters. The molecule has 0 fully saturated rings. The van der Waals surface area contributed by atoms with Gasteiger partial charge in [0.1, 0.15) is 0 Å². The number of rotatable bonds is 6. The van der Waals surface area contributed by atoms with E-state index in [2.05, 4.69) is 0 Å². The zero-order valence-electron chi connectivity index (χ0n) is 13.3. The Morgan fingerprint density at radius 3 is 2.62 bits per heavy atom. The number of phenolic OH excluding ortho intramolecular Hbond substituents is 1. The Morgan fingerprint density at radius 2 is 2.04 bits per heavy atom. The number of ether oxygens (including phenoxy) is 1. The van der Waals surface area contributed by atoms with Crippen molar-refractivity contribution in [1.29, 1.82) is 5.26 Å². The van der Waals surface area contributed by atoms with Crippen molar-refractivity contribution >= 4 is 11.5 Å². The molecule has 2 aromatic rings. The second-order valence-electron chi connectivity index (χ2n) is 5.15. The van der Waals surface area contributed by atoms with Crippen LogP contribution in [0.5, 0.6) is 11.5 Å². The number of carbonyl (C=O) groups excluding carboxylic acids is 1. The zero-order valence-corrected chi connectivity index (χ0v) is 13.3. The largest absolute Gasteiger partial charge is 0.504 e. The van der Waals surface area contributed by atoms with Crippen LogP contribution in [0.2, 0.25) is 0 Å². The van der Waals surface area contributed by atoms with E-state index in [-0.39, 0.29) is 17.1 Å². The molecule has 2 aromatic carbocycles. The summed E-state index contributed by atoms with van der Waals surface area (Å²) in [7, 11) is 0. The van der Waals surface area contributed by atoms with Crippen LogP contribution in [0.3, 0.4) is 0 Å². The Morgan fingerprint density at radius 1 is 1.33 bits per heavy atom. The number of allylic oxidation sites excluding steroid dienone is 1. The minimum atomic E-state index is -0.706. The van der Waals surface area contributed by atoms with Crippen molar-refractivity contribution in [3.8, 4) is 17.6 Å². The van der Waals surface area contributed by atoms with Gasteiger partial charge in [-0.05, 0) is 30.2 Å². The first kappa shape index (κ1) is 17.1. The average Bonchev–Trinajstić information content (AvgIpc) is 2.57. The van der Waals surface area contributed by atoms with Gasteiger partial charge in [0.05, 0.1) is 18.2 Å². The lowest BCUT2D eigenvalue weighted by molar-refractivity contribution is -0.113. The minimum absolute atomic E-state index is 0.0285. The summed E-state index contributed by atoms with van der Waals surface area (Å²) in [5, 5.41) is 19.7. The predicted octanol–water partition coefficient (Wildman–Crippen LogP) is 2.77. The predicted molar refractivity (Wildman–Crippen MR) is 91.3 cm³/mol. The van der Waals surface area contributed by atoms with E-state index in [1.54, 1.807) is 13.0 Å². The van der Waals surface area contributed by atoms with Crippen molar-refractivity contribution in [3.05, 3.63) is 65.2 Å². The van der Waals surface area contributed by atoms with Crippen molar-refractivity contribution in [2.75, 3.05) is 6.61 Å². The monoisotopic (exact) mass is 322 g/mol. The van der Waals surface area contributed by atoms with Gasteiger partial charge in [-0.2, -0.15) is 5.26 Å². The Bertz CT molecular complexity index is 805. The molecule has 0 aromatic heterocycles. The molecule has 1 amide bonds. The fraction of sp³-hybridized carbons (Fsp3) is 0.158. The van der Waals surface area contributed by atoms with Crippen LogP contribution < -0.4 is 10.5 Å². The molecule has 0 aliphatic heterocycles. The fourth-order valence-corrected chi connectivity index (χ4v) is 2.36. The SMILES string of the molecule is CCOc1cc(C(C#N)=CC(N)=O)cc(Cc2ccccc2)c1O. The molecule has 2 rings (SSSR count). The lowest BCUT2D eigenvalue weighted by Crippen LogP contribution is -2.07. The number of hydrogen-bond donors (Lipinski definition) is 2. The summed E-state index contributed by atoms with van der Waals surface area (Å²) < 4.78 is 5.45. The van der Waals surface area contributed by atoms with Crippen LogP contribution in [0, 0.1) is 11.3 Å². The Labute approximate surface area is 140 Å². The van der Waals surface area contributed by atoms with Crippen LogP contribution in [0.4, 0.5) is 0 Å². The van der Waals surface area contributed by atoms with Crippen molar-refractivity contribution < 1.29 is 14.6 Å². The molecule has 0 spiro atoms. The summed E-state index contributed by atoms with van der Waals surface area (Å²) in [5.74, 6) is -0.408. The van der Waals surface area contributed by atoms with E-state index in [9.17, 15) is 15.2 Å². The van der Waals surface area contributed by atoms with Crippen LogP contribution in [-0.4, -0.2) is 17.6 Å². The number of amides is 1. The molecule has 5 nitrogen and oxygen atoms in total. The highest BCUT2D eigenvalue weighted by Crippen LogP contribution is 2.35. The quantitative estimate of drug-likeness (QED) is 0.631. The van der Waals surface area contributed by atoms with Gasteiger partial charge in [-0.15, -0.1) is 0 Å². The van der Waals surface area contributed by atoms with Gasteiger partial charge in [0, 0.05) is 18.1 Å². The van der Waals surface area contributed by atoms with E-state index in [1.165, 1.54) is 6.07 Å². The molecule has 0 saturated heterocycles. The molecule has 0 radical (unpaired) electrons. The van der Waals surface area contributed by atoms with Crippen molar-refractivity contribution in [2.45, 2.75) is 13.3 Å². The third kappa shape index (κ3) is 4.14. The number of benzene rings is 2. The standard InChI is InChI=1S/C19H18N2O3/c1-2-24-17-10-14(16(12-20)11-18(21)22)9-15(19(17)23)8-13-6-4-3-5-7-13/h3-7,9-11,23H,2,8H2,1H3,(H2,21,22). The van der Waals surface area contributed by atoms with Gasteiger partial charge in [0.2, 0.25) is 5.91 Å². The maximum atomic E-state index is 11.1. The summed E-state index contributed by atoms with van der Waals surface area (Å²) in [5.41, 5.74) is 7.35. The Balaban J connectivity index is 2.53. The molecule has 5 heteroatoms. The van der Waals surface area contributed by atoms with Crippen LogP contribution in [0.15, 0.2) is 48.5 Å². The van der Waals surface area contributed by atoms with Crippen molar-refractivity contribution in [2.24, 2.45) is 5.73 Å². The van der Waals surface area contributed by atoms with Gasteiger partial charge < -0.3 is 15.6 Å². The molecule has 0 bridgehead atoms. The molecule has 122 valence electrons. The summed E-state index contributed by atoms with van der Waals surface area (Å²) in [6.45, 7) is 2.16. The van der Waals surface area contributed by atoms with Crippen LogP contribution in [0.1, 0.15) is 23.6 Å². The smallest absolute Gasteiger partial charge is 0.242 e. The minimum Gasteiger partial charge on any atom is -0.504 e. The number of carbonyl (C=O) groups is 1. The van der Waals surface area contributed by atoms with E-state index in [0.717, 1.165) is 11.6 Å². The first-order chi connectivity index (χ1) is 11.5. The summed E-state index contributed by atoms with van der Waals surface area (Å²) in [4.78, 5) is 11.1. The fourth-order valence-electron chi connectivity index (χ4n) is 2.36. The van der Waals surface area contributed by atoms with Crippen LogP contribution in [-0.2, 0) is 11.2 Å². The molecule has 0 saturated carbocycles. The zero-order chi connectivity index (χ0) is 17.5. The number of nitrogens with two attached hydrogens (primary N) is 1. The number of phenols is 1. The Kier molecular flexibility index (Phi) is 5.58. The first-order valence-corrected chi connectivity index (χ1v) is 7.49. The number of primary amides is 1. The number of hydrogen-bond acceptors (Lipinski definition) is 4. The third-order valence-electron chi connectivity index (χ3n) is 3.41. The highest BCUT2D eigenvalue weighted by Gasteiger charge is 2.14. The molecule has 0 heterocycles. The number of nitriles is 1. The van der Waals surface area contributed by atoms with E-state index in [1.807, 2.05) is 36.4 Å². The molecule has 0 aliphatic carbocycles. The summed E-state index contributed by atoms with van der Waals surface area (Å²) in [6.07, 6.45) is 1.53. The van der Waals surface area contributed by atoms with Gasteiger partial charge in [-0.3, -0.25) is 4.79 Å². The van der Waals surface area contributed by atoms with Crippen molar-refractivity contribution in [3.63, 3.8) is 0 Å². The molecule has 0 atom stereocenters. The van der Waals surface area contributed by atoms with Crippen molar-refractivity contribution in [1.82, 2.24) is 0 Å². The number of aromatic hydroxyl groups is 1. The van der Waals surface area contributed by atoms with Gasteiger partial charge >= 0.3 is 0 Å². The normalized spacial score (nSPS) is 10.9. The van der Waals surface area contributed by atoms with Gasteiger partial charge in [0.25, 0.3) is 0 Å². The van der Waals surface area contributed by atoms with Gasteiger partial charge in [-0.25, -0.2) is 0 Å². The average molecular weight is 322 g/mol. The summed E-state index contributed by atoms with van der Waals surface area (Å²) >= 11 is 0. The highest BCUT2D eigenvalue weighted by atomic mass is 16.5. The van der Waals surface area contributed by atoms with Gasteiger partial charge in [0.15, 0.2) is 11.5 Å². The van der Waals surface area contributed by atoms with E-state index in [0.29, 0.717) is 24.2 Å². The molecular weight excluding hydrogens is 304 g/mol. The molecule has 24 heavy (non-hydrogen) atoms. The molecular formula is C19H18N2O3. The van der Waals surface area contributed by atoms with E-state index in [4.69, 9.17) is 10.5 Å². The first-order valence-electron chi connectivity index (χ1n) is 7.49. The maximum absolute atomic E-state index is 11.1. The second kappa shape index (κ2) is 7.84. The molecule has 3 N–H and O–H groups in total. The lowest BCUT2D eigenvalue weighted by atomic mass is 9.97. The second-order valence-corrected chi connectivity index (χ2v) is 5.15. The van der Waals surface area contributed by atoms with Crippen LogP contribution >= 0.6 is 0 Å². The maximum Gasteiger partial charge on any atom is 0.242 e.